The lowest BCUT2D eigenvalue weighted by atomic mass is 10.0. The molecule has 0 amide bonds. The Balaban J connectivity index is 1.78. The summed E-state index contributed by atoms with van der Waals surface area (Å²) in [7, 11) is 0. The Labute approximate surface area is 123 Å². The van der Waals surface area contributed by atoms with Crippen molar-refractivity contribution in [3.8, 4) is 5.75 Å². The maximum absolute atomic E-state index is 13.9. The van der Waals surface area contributed by atoms with E-state index in [0.717, 1.165) is 30.6 Å². The Morgan fingerprint density at radius 1 is 1.43 bits per heavy atom. The van der Waals surface area contributed by atoms with Crippen molar-refractivity contribution in [3.63, 3.8) is 0 Å². The summed E-state index contributed by atoms with van der Waals surface area (Å²) in [6, 6.07) is 7.26. The molecular weight excluding hydrogens is 269 g/mol. The van der Waals surface area contributed by atoms with E-state index in [0.29, 0.717) is 18.9 Å². The number of ether oxygens (including phenoxy) is 1. The van der Waals surface area contributed by atoms with E-state index in [-0.39, 0.29) is 11.9 Å². The molecule has 1 atom stereocenters. The molecule has 1 aromatic heterocycles. The van der Waals surface area contributed by atoms with Crippen LogP contribution < -0.4 is 10.1 Å². The van der Waals surface area contributed by atoms with Crippen molar-refractivity contribution >= 4 is 0 Å². The van der Waals surface area contributed by atoms with Crippen LogP contribution in [0, 0.1) is 5.82 Å². The Morgan fingerprint density at radius 2 is 2.33 bits per heavy atom. The zero-order chi connectivity index (χ0) is 14.7. The van der Waals surface area contributed by atoms with Gasteiger partial charge in [-0.15, -0.1) is 0 Å². The van der Waals surface area contributed by atoms with Gasteiger partial charge in [-0.25, -0.2) is 4.39 Å². The van der Waals surface area contributed by atoms with E-state index in [1.54, 1.807) is 6.07 Å². The van der Waals surface area contributed by atoms with E-state index >= 15 is 0 Å². The number of aryl methyl sites for hydroxylation is 1. The van der Waals surface area contributed by atoms with Gasteiger partial charge in [0.2, 0.25) is 0 Å². The molecule has 0 fully saturated rings. The summed E-state index contributed by atoms with van der Waals surface area (Å²) in [5.41, 5.74) is 2.05. The van der Waals surface area contributed by atoms with E-state index in [1.807, 2.05) is 23.0 Å². The molecule has 1 aliphatic rings. The third-order valence-corrected chi connectivity index (χ3v) is 3.89. The van der Waals surface area contributed by atoms with Crippen LogP contribution >= 0.6 is 0 Å². The number of nitrogens with zero attached hydrogens (tertiary/aromatic N) is 2. The Bertz CT molecular complexity index is 611. The summed E-state index contributed by atoms with van der Waals surface area (Å²) in [5.74, 6) is 0.122. The summed E-state index contributed by atoms with van der Waals surface area (Å²) in [4.78, 5) is 0. The molecule has 4 nitrogen and oxygen atoms in total. The molecule has 2 heterocycles. The third kappa shape index (κ3) is 2.93. The molecular formula is C16H20FN3O. The summed E-state index contributed by atoms with van der Waals surface area (Å²) in [6.45, 7) is 4.21. The molecule has 3 rings (SSSR count). The van der Waals surface area contributed by atoms with Gasteiger partial charge in [0.25, 0.3) is 0 Å². The van der Waals surface area contributed by atoms with Gasteiger partial charge in [-0.3, -0.25) is 4.68 Å². The van der Waals surface area contributed by atoms with Gasteiger partial charge in [0.05, 0.1) is 12.3 Å². The number of hydrogen-bond acceptors (Lipinski definition) is 3. The van der Waals surface area contributed by atoms with Crippen molar-refractivity contribution < 1.29 is 9.13 Å². The number of hydrogen-bond donors (Lipinski definition) is 1. The second-order valence-electron chi connectivity index (χ2n) is 5.22. The fraction of sp³-hybridized carbons (Fsp3) is 0.438. The minimum absolute atomic E-state index is 0.110. The highest BCUT2D eigenvalue weighted by Gasteiger charge is 2.22. The summed E-state index contributed by atoms with van der Waals surface area (Å²) < 4.78 is 21.4. The van der Waals surface area contributed by atoms with E-state index in [2.05, 4.69) is 17.3 Å². The third-order valence-electron chi connectivity index (χ3n) is 3.89. The zero-order valence-corrected chi connectivity index (χ0v) is 12.2. The van der Waals surface area contributed by atoms with Gasteiger partial charge in [-0.2, -0.15) is 5.10 Å². The van der Waals surface area contributed by atoms with Gasteiger partial charge in [0, 0.05) is 30.9 Å². The number of aromatic nitrogens is 2. The highest BCUT2D eigenvalue weighted by molar-refractivity contribution is 5.38. The van der Waals surface area contributed by atoms with Crippen molar-refractivity contribution in [1.82, 2.24) is 15.1 Å². The van der Waals surface area contributed by atoms with Gasteiger partial charge in [0.15, 0.2) is 11.6 Å². The van der Waals surface area contributed by atoms with E-state index < -0.39 is 0 Å². The molecule has 21 heavy (non-hydrogen) atoms. The minimum Gasteiger partial charge on any atom is -0.490 e. The van der Waals surface area contributed by atoms with Crippen LogP contribution in [0.4, 0.5) is 4.39 Å². The quantitative estimate of drug-likeness (QED) is 0.940. The summed E-state index contributed by atoms with van der Waals surface area (Å²) in [6.07, 6.45) is 3.67. The van der Waals surface area contributed by atoms with Gasteiger partial charge in [-0.05, 0) is 31.9 Å². The van der Waals surface area contributed by atoms with Crippen molar-refractivity contribution in [2.45, 2.75) is 38.9 Å². The number of halogens is 1. The zero-order valence-electron chi connectivity index (χ0n) is 12.2. The molecule has 5 heteroatoms. The van der Waals surface area contributed by atoms with Crippen LogP contribution in [0.2, 0.25) is 0 Å². The van der Waals surface area contributed by atoms with Crippen LogP contribution in [0.5, 0.6) is 5.75 Å². The topological polar surface area (TPSA) is 39.1 Å². The first-order valence-electron chi connectivity index (χ1n) is 7.45. The lowest BCUT2D eigenvalue weighted by Crippen LogP contribution is -2.22. The summed E-state index contributed by atoms with van der Waals surface area (Å²) >= 11 is 0. The Hall–Kier alpha value is -1.88. The predicted octanol–water partition coefficient (Wildman–Crippen LogP) is 3.05. The molecule has 1 aromatic carbocycles. The molecule has 1 aliphatic heterocycles. The Kier molecular flexibility index (Phi) is 4.20. The molecule has 0 spiro atoms. The molecule has 0 saturated carbocycles. The monoisotopic (exact) mass is 289 g/mol. The maximum Gasteiger partial charge on any atom is 0.165 e. The van der Waals surface area contributed by atoms with Crippen LogP contribution in [-0.4, -0.2) is 16.4 Å². The molecule has 0 bridgehead atoms. The van der Waals surface area contributed by atoms with Gasteiger partial charge in [0.1, 0.15) is 0 Å². The number of benzene rings is 1. The van der Waals surface area contributed by atoms with Crippen molar-refractivity contribution in [2.75, 3.05) is 6.61 Å². The van der Waals surface area contributed by atoms with Crippen LogP contribution in [0.15, 0.2) is 30.5 Å². The number of fused-ring (bicyclic) bond motifs is 1. The largest absolute Gasteiger partial charge is 0.490 e. The Morgan fingerprint density at radius 3 is 3.19 bits per heavy atom. The fourth-order valence-corrected chi connectivity index (χ4v) is 2.80. The van der Waals surface area contributed by atoms with Crippen molar-refractivity contribution in [2.24, 2.45) is 0 Å². The second-order valence-corrected chi connectivity index (χ2v) is 5.22. The molecule has 0 saturated heterocycles. The SMILES string of the molecule is CCn1nccc1CN[C@H]1CCCOc2c(F)cccc21. The highest BCUT2D eigenvalue weighted by atomic mass is 19.1. The predicted molar refractivity (Wildman–Crippen MR) is 78.6 cm³/mol. The maximum atomic E-state index is 13.9. The molecule has 2 aromatic rings. The normalized spacial score (nSPS) is 17.9. The first-order valence-corrected chi connectivity index (χ1v) is 7.45. The molecule has 0 unspecified atom stereocenters. The average molecular weight is 289 g/mol. The second kappa shape index (κ2) is 6.26. The molecule has 112 valence electrons. The molecule has 0 aliphatic carbocycles. The van der Waals surface area contributed by atoms with Gasteiger partial charge < -0.3 is 10.1 Å². The minimum atomic E-state index is -0.278. The first kappa shape index (κ1) is 14.1. The number of para-hydroxylation sites is 1. The van der Waals surface area contributed by atoms with Gasteiger partial charge in [-0.1, -0.05) is 12.1 Å². The number of nitrogens with one attached hydrogen (secondary N) is 1. The summed E-state index contributed by atoms with van der Waals surface area (Å²) in [5, 5.41) is 7.78. The van der Waals surface area contributed by atoms with Gasteiger partial charge >= 0.3 is 0 Å². The molecule has 0 radical (unpaired) electrons. The van der Waals surface area contributed by atoms with Crippen LogP contribution in [0.1, 0.15) is 37.1 Å². The molecule has 1 N–H and O–H groups in total. The smallest absolute Gasteiger partial charge is 0.165 e. The van der Waals surface area contributed by atoms with E-state index in [4.69, 9.17) is 4.74 Å². The standard InChI is InChI=1S/C16H20FN3O/c1-2-20-12(8-9-19-20)11-18-15-7-4-10-21-16-13(15)5-3-6-14(16)17/h3,5-6,8-9,15,18H,2,4,7,10-11H2,1H3/t15-/m0/s1. The number of rotatable bonds is 4. The average Bonchev–Trinajstić information content (AvgIpc) is 2.85. The van der Waals surface area contributed by atoms with Crippen molar-refractivity contribution in [3.05, 3.63) is 47.5 Å². The van der Waals surface area contributed by atoms with Crippen LogP contribution in [0.3, 0.4) is 0 Å². The lowest BCUT2D eigenvalue weighted by molar-refractivity contribution is 0.300. The first-order chi connectivity index (χ1) is 10.3. The van der Waals surface area contributed by atoms with Crippen LogP contribution in [0.25, 0.3) is 0 Å². The van der Waals surface area contributed by atoms with E-state index in [9.17, 15) is 4.39 Å². The van der Waals surface area contributed by atoms with E-state index in [1.165, 1.54) is 6.07 Å². The van der Waals surface area contributed by atoms with Crippen molar-refractivity contribution in [1.29, 1.82) is 0 Å². The highest BCUT2D eigenvalue weighted by Crippen LogP contribution is 2.33. The fourth-order valence-electron chi connectivity index (χ4n) is 2.80. The van der Waals surface area contributed by atoms with Crippen LogP contribution in [-0.2, 0) is 13.1 Å². The lowest BCUT2D eigenvalue weighted by Gasteiger charge is -2.19.